The maximum absolute atomic E-state index is 12.0. The minimum Gasteiger partial charge on any atom is -0.481 e. The molecule has 102 valence electrons. The van der Waals surface area contributed by atoms with E-state index in [1.54, 1.807) is 0 Å². The zero-order valence-electron chi connectivity index (χ0n) is 10.6. The van der Waals surface area contributed by atoms with Crippen molar-refractivity contribution in [3.8, 4) is 0 Å². The van der Waals surface area contributed by atoms with Crippen LogP contribution in [0.25, 0.3) is 0 Å². The van der Waals surface area contributed by atoms with Gasteiger partial charge in [0.1, 0.15) is 6.61 Å². The molecule has 1 atom stereocenters. The van der Waals surface area contributed by atoms with Crippen LogP contribution in [-0.2, 0) is 14.3 Å². The van der Waals surface area contributed by atoms with Gasteiger partial charge < -0.3 is 14.7 Å². The van der Waals surface area contributed by atoms with E-state index in [0.29, 0.717) is 19.1 Å². The third kappa shape index (κ3) is 3.22. The van der Waals surface area contributed by atoms with Gasteiger partial charge in [-0.1, -0.05) is 19.3 Å². The van der Waals surface area contributed by atoms with Gasteiger partial charge in [-0.3, -0.25) is 9.59 Å². The highest BCUT2D eigenvalue weighted by molar-refractivity contribution is 5.79. The molecular formula is C13H21NO4. The second kappa shape index (κ2) is 6.18. The van der Waals surface area contributed by atoms with Crippen molar-refractivity contribution in [3.63, 3.8) is 0 Å². The molecule has 0 aromatic carbocycles. The summed E-state index contributed by atoms with van der Waals surface area (Å²) in [6.45, 7) is 0.635. The summed E-state index contributed by atoms with van der Waals surface area (Å²) in [7, 11) is 0. The monoisotopic (exact) mass is 255 g/mol. The first-order valence-electron chi connectivity index (χ1n) is 6.79. The Kier molecular flexibility index (Phi) is 4.58. The van der Waals surface area contributed by atoms with E-state index in [0.717, 1.165) is 12.8 Å². The number of aliphatic carboxylic acids is 1. The van der Waals surface area contributed by atoms with Crippen LogP contribution < -0.4 is 0 Å². The minimum atomic E-state index is -0.809. The first kappa shape index (κ1) is 13.3. The molecule has 1 saturated heterocycles. The van der Waals surface area contributed by atoms with Crippen LogP contribution in [0, 0.1) is 0 Å². The zero-order chi connectivity index (χ0) is 13.0. The number of carbonyl (C=O) groups excluding carboxylic acids is 1. The predicted octanol–water partition coefficient (Wildman–Crippen LogP) is 1.41. The lowest BCUT2D eigenvalue weighted by Gasteiger charge is -2.42. The molecule has 1 saturated carbocycles. The summed E-state index contributed by atoms with van der Waals surface area (Å²) in [4.78, 5) is 24.6. The number of carboxylic acid groups (broad SMARTS) is 1. The van der Waals surface area contributed by atoms with E-state index in [1.807, 2.05) is 4.90 Å². The van der Waals surface area contributed by atoms with E-state index in [-0.39, 0.29) is 25.0 Å². The second-order valence-corrected chi connectivity index (χ2v) is 5.19. The van der Waals surface area contributed by atoms with Gasteiger partial charge in [0.25, 0.3) is 0 Å². The number of rotatable bonds is 4. The summed E-state index contributed by atoms with van der Waals surface area (Å²) in [5.74, 6) is -0.778. The molecule has 1 aliphatic carbocycles. The van der Waals surface area contributed by atoms with Crippen molar-refractivity contribution in [2.24, 2.45) is 0 Å². The standard InChI is InChI=1S/C13H21NO4/c15-12-9-18-8-11(6-7-13(16)17)14(12)10-4-2-1-3-5-10/h10-11H,1-9H2,(H,16,17). The maximum atomic E-state index is 12.0. The lowest BCUT2D eigenvalue weighted by molar-refractivity contribution is -0.154. The van der Waals surface area contributed by atoms with Gasteiger partial charge >= 0.3 is 5.97 Å². The van der Waals surface area contributed by atoms with Crippen LogP contribution in [-0.4, -0.2) is 47.2 Å². The average Bonchev–Trinajstić information content (AvgIpc) is 2.37. The molecule has 0 aromatic rings. The maximum Gasteiger partial charge on any atom is 0.303 e. The van der Waals surface area contributed by atoms with Crippen LogP contribution in [0.15, 0.2) is 0 Å². The third-order valence-electron chi connectivity index (χ3n) is 3.88. The molecule has 5 nitrogen and oxygen atoms in total. The molecule has 1 unspecified atom stereocenters. The smallest absolute Gasteiger partial charge is 0.303 e. The molecule has 0 spiro atoms. The quantitative estimate of drug-likeness (QED) is 0.824. The molecule has 18 heavy (non-hydrogen) atoms. The van der Waals surface area contributed by atoms with Crippen LogP contribution >= 0.6 is 0 Å². The average molecular weight is 255 g/mol. The Hall–Kier alpha value is -1.10. The number of hydrogen-bond donors (Lipinski definition) is 1. The minimum absolute atomic E-state index is 0.0311. The fourth-order valence-corrected chi connectivity index (χ4v) is 3.01. The molecule has 2 aliphatic rings. The summed E-state index contributed by atoms with van der Waals surface area (Å²) < 4.78 is 5.26. The predicted molar refractivity (Wildman–Crippen MR) is 65.2 cm³/mol. The summed E-state index contributed by atoms with van der Waals surface area (Å²) in [6, 6.07) is 0.249. The van der Waals surface area contributed by atoms with Crippen molar-refractivity contribution >= 4 is 11.9 Å². The van der Waals surface area contributed by atoms with E-state index in [1.165, 1.54) is 19.3 Å². The van der Waals surface area contributed by atoms with Gasteiger partial charge in [0.2, 0.25) is 5.91 Å². The van der Waals surface area contributed by atoms with Crippen molar-refractivity contribution in [1.29, 1.82) is 0 Å². The first-order valence-corrected chi connectivity index (χ1v) is 6.79. The van der Waals surface area contributed by atoms with Crippen molar-refractivity contribution < 1.29 is 19.4 Å². The number of nitrogens with zero attached hydrogens (tertiary/aromatic N) is 1. The summed E-state index contributed by atoms with van der Waals surface area (Å²) in [5, 5.41) is 8.76. The summed E-state index contributed by atoms with van der Waals surface area (Å²) in [6.07, 6.45) is 6.28. The Bertz CT molecular complexity index is 312. The van der Waals surface area contributed by atoms with Gasteiger partial charge in [0.05, 0.1) is 12.6 Å². The lowest BCUT2D eigenvalue weighted by atomic mass is 9.92. The number of carbonyl (C=O) groups is 2. The molecule has 1 heterocycles. The molecule has 5 heteroatoms. The Balaban J connectivity index is 1.99. The lowest BCUT2D eigenvalue weighted by Crippen LogP contribution is -2.54. The van der Waals surface area contributed by atoms with Crippen molar-refractivity contribution in [2.75, 3.05) is 13.2 Å². The first-order chi connectivity index (χ1) is 8.68. The number of hydrogen-bond acceptors (Lipinski definition) is 3. The van der Waals surface area contributed by atoms with Crippen LogP contribution in [0.5, 0.6) is 0 Å². The van der Waals surface area contributed by atoms with Crippen LogP contribution in [0.4, 0.5) is 0 Å². The Morgan fingerprint density at radius 1 is 1.33 bits per heavy atom. The molecule has 1 N–H and O–H groups in total. The van der Waals surface area contributed by atoms with Crippen molar-refractivity contribution in [3.05, 3.63) is 0 Å². The SMILES string of the molecule is O=C(O)CCC1COCC(=O)N1C1CCCCC1. The highest BCUT2D eigenvalue weighted by atomic mass is 16.5. The van der Waals surface area contributed by atoms with Crippen LogP contribution in [0.1, 0.15) is 44.9 Å². The van der Waals surface area contributed by atoms with E-state index >= 15 is 0 Å². The van der Waals surface area contributed by atoms with E-state index < -0.39 is 5.97 Å². The Morgan fingerprint density at radius 2 is 2.06 bits per heavy atom. The molecule has 1 aliphatic heterocycles. The molecular weight excluding hydrogens is 234 g/mol. The van der Waals surface area contributed by atoms with Gasteiger partial charge in [-0.05, 0) is 19.3 Å². The highest BCUT2D eigenvalue weighted by Crippen LogP contribution is 2.27. The van der Waals surface area contributed by atoms with E-state index in [9.17, 15) is 9.59 Å². The van der Waals surface area contributed by atoms with E-state index in [2.05, 4.69) is 0 Å². The number of amides is 1. The fraction of sp³-hybridized carbons (Fsp3) is 0.846. The molecule has 2 rings (SSSR count). The van der Waals surface area contributed by atoms with Gasteiger partial charge in [0, 0.05) is 12.5 Å². The van der Waals surface area contributed by atoms with Gasteiger partial charge in [-0.15, -0.1) is 0 Å². The normalized spacial score (nSPS) is 26.3. The molecule has 0 aromatic heterocycles. The zero-order valence-corrected chi connectivity index (χ0v) is 10.6. The second-order valence-electron chi connectivity index (χ2n) is 5.19. The number of morpholine rings is 1. The summed E-state index contributed by atoms with van der Waals surface area (Å²) >= 11 is 0. The highest BCUT2D eigenvalue weighted by Gasteiger charge is 2.34. The van der Waals surface area contributed by atoms with Crippen molar-refractivity contribution in [1.82, 2.24) is 4.90 Å². The molecule has 0 bridgehead atoms. The third-order valence-corrected chi connectivity index (χ3v) is 3.88. The topological polar surface area (TPSA) is 66.8 Å². The fourth-order valence-electron chi connectivity index (χ4n) is 3.01. The number of carboxylic acids is 1. The Morgan fingerprint density at radius 3 is 2.72 bits per heavy atom. The largest absolute Gasteiger partial charge is 0.481 e. The van der Waals surface area contributed by atoms with Crippen molar-refractivity contribution in [2.45, 2.75) is 57.0 Å². The van der Waals surface area contributed by atoms with Gasteiger partial charge in [0.15, 0.2) is 0 Å². The van der Waals surface area contributed by atoms with Crippen LogP contribution in [0.2, 0.25) is 0 Å². The van der Waals surface area contributed by atoms with Gasteiger partial charge in [-0.25, -0.2) is 0 Å². The summed E-state index contributed by atoms with van der Waals surface area (Å²) in [5.41, 5.74) is 0. The Labute approximate surface area is 107 Å². The number of ether oxygens (including phenoxy) is 1. The molecule has 1 amide bonds. The molecule has 0 radical (unpaired) electrons. The van der Waals surface area contributed by atoms with Crippen LogP contribution in [0.3, 0.4) is 0 Å². The van der Waals surface area contributed by atoms with Gasteiger partial charge in [-0.2, -0.15) is 0 Å². The molecule has 2 fully saturated rings. The van der Waals surface area contributed by atoms with E-state index in [4.69, 9.17) is 9.84 Å².